The van der Waals surface area contributed by atoms with Gasteiger partial charge in [-0.3, -0.25) is 4.79 Å². The molecule has 1 amide bonds. The van der Waals surface area contributed by atoms with Crippen molar-refractivity contribution in [2.24, 2.45) is 5.73 Å². The predicted octanol–water partition coefficient (Wildman–Crippen LogP) is 1.73. The van der Waals surface area contributed by atoms with Gasteiger partial charge >= 0.3 is 0 Å². The van der Waals surface area contributed by atoms with Crippen LogP contribution in [0.5, 0.6) is 5.75 Å². The summed E-state index contributed by atoms with van der Waals surface area (Å²) in [4.78, 5) is 10.9. The van der Waals surface area contributed by atoms with Crippen molar-refractivity contribution >= 4 is 5.91 Å². The first-order valence-corrected chi connectivity index (χ1v) is 5.90. The number of ether oxygens (including phenoxy) is 2. The van der Waals surface area contributed by atoms with E-state index in [0.717, 1.165) is 25.2 Å². The van der Waals surface area contributed by atoms with Crippen LogP contribution in [0.15, 0.2) is 24.3 Å². The maximum absolute atomic E-state index is 10.9. The van der Waals surface area contributed by atoms with E-state index in [-0.39, 0.29) is 6.10 Å². The molecule has 92 valence electrons. The second-order valence-corrected chi connectivity index (χ2v) is 4.19. The number of carbonyl (C=O) groups is 1. The average molecular weight is 235 g/mol. The lowest BCUT2D eigenvalue weighted by molar-refractivity contribution is -0.0110. The van der Waals surface area contributed by atoms with Gasteiger partial charge in [-0.2, -0.15) is 0 Å². The van der Waals surface area contributed by atoms with Crippen LogP contribution in [0.25, 0.3) is 0 Å². The van der Waals surface area contributed by atoms with Crippen molar-refractivity contribution in [2.45, 2.75) is 25.4 Å². The largest absolute Gasteiger partial charge is 0.491 e. The van der Waals surface area contributed by atoms with Gasteiger partial charge in [0.15, 0.2) is 0 Å². The van der Waals surface area contributed by atoms with Gasteiger partial charge in [0.1, 0.15) is 12.4 Å². The zero-order valence-corrected chi connectivity index (χ0v) is 9.72. The minimum Gasteiger partial charge on any atom is -0.491 e. The molecule has 1 unspecified atom stereocenters. The Morgan fingerprint density at radius 3 is 2.71 bits per heavy atom. The summed E-state index contributed by atoms with van der Waals surface area (Å²) in [6.07, 6.45) is 3.59. The molecule has 1 saturated heterocycles. The predicted molar refractivity (Wildman–Crippen MR) is 64.0 cm³/mol. The molecular weight excluding hydrogens is 218 g/mol. The van der Waals surface area contributed by atoms with Crippen molar-refractivity contribution < 1.29 is 14.3 Å². The van der Waals surface area contributed by atoms with Crippen LogP contribution in [0.2, 0.25) is 0 Å². The Morgan fingerprint density at radius 1 is 1.35 bits per heavy atom. The van der Waals surface area contributed by atoms with Crippen molar-refractivity contribution in [3.05, 3.63) is 29.8 Å². The number of hydrogen-bond acceptors (Lipinski definition) is 3. The molecule has 1 aliphatic heterocycles. The number of hydrogen-bond donors (Lipinski definition) is 1. The number of carbonyl (C=O) groups excluding carboxylic acids is 1. The summed E-state index contributed by atoms with van der Waals surface area (Å²) in [6.45, 7) is 1.39. The van der Waals surface area contributed by atoms with Crippen LogP contribution in [0, 0.1) is 0 Å². The van der Waals surface area contributed by atoms with Crippen molar-refractivity contribution in [1.82, 2.24) is 0 Å². The molecule has 2 rings (SSSR count). The van der Waals surface area contributed by atoms with Gasteiger partial charge in [0, 0.05) is 12.2 Å². The van der Waals surface area contributed by atoms with Gasteiger partial charge < -0.3 is 15.2 Å². The molecule has 1 aromatic carbocycles. The van der Waals surface area contributed by atoms with E-state index in [1.54, 1.807) is 24.3 Å². The monoisotopic (exact) mass is 235 g/mol. The lowest BCUT2D eigenvalue weighted by Crippen LogP contribution is -2.25. The smallest absolute Gasteiger partial charge is 0.248 e. The SMILES string of the molecule is NC(=O)c1ccc(OCC2CCCCO2)cc1. The van der Waals surface area contributed by atoms with Crippen LogP contribution in [0.1, 0.15) is 29.6 Å². The highest BCUT2D eigenvalue weighted by Gasteiger charge is 2.14. The number of rotatable bonds is 4. The number of benzene rings is 1. The highest BCUT2D eigenvalue weighted by Crippen LogP contribution is 2.16. The third-order valence-electron chi connectivity index (χ3n) is 2.85. The van der Waals surface area contributed by atoms with Gasteiger partial charge in [0.25, 0.3) is 0 Å². The molecule has 1 aliphatic rings. The molecule has 0 saturated carbocycles. The third-order valence-corrected chi connectivity index (χ3v) is 2.85. The second kappa shape index (κ2) is 5.68. The molecule has 4 nitrogen and oxygen atoms in total. The molecule has 0 aromatic heterocycles. The Kier molecular flexibility index (Phi) is 3.98. The summed E-state index contributed by atoms with van der Waals surface area (Å²) in [7, 11) is 0. The number of primary amides is 1. The minimum atomic E-state index is -0.424. The zero-order valence-electron chi connectivity index (χ0n) is 9.72. The van der Waals surface area contributed by atoms with E-state index in [2.05, 4.69) is 0 Å². The molecule has 1 atom stereocenters. The molecule has 2 N–H and O–H groups in total. The number of amides is 1. The molecule has 0 bridgehead atoms. The minimum absolute atomic E-state index is 0.194. The van der Waals surface area contributed by atoms with E-state index in [4.69, 9.17) is 15.2 Å². The quantitative estimate of drug-likeness (QED) is 0.864. The Hall–Kier alpha value is -1.55. The van der Waals surface area contributed by atoms with Crippen LogP contribution >= 0.6 is 0 Å². The first-order valence-electron chi connectivity index (χ1n) is 5.90. The van der Waals surface area contributed by atoms with Crippen LogP contribution in [0.4, 0.5) is 0 Å². The number of nitrogens with two attached hydrogens (primary N) is 1. The lowest BCUT2D eigenvalue weighted by Gasteiger charge is -2.22. The topological polar surface area (TPSA) is 61.6 Å². The van der Waals surface area contributed by atoms with Crippen LogP contribution in [-0.2, 0) is 4.74 Å². The van der Waals surface area contributed by atoms with Crippen molar-refractivity contribution in [3.8, 4) is 5.75 Å². The third kappa shape index (κ3) is 3.46. The fourth-order valence-electron chi connectivity index (χ4n) is 1.84. The summed E-state index contributed by atoms with van der Waals surface area (Å²) >= 11 is 0. The molecule has 0 aliphatic carbocycles. The van der Waals surface area contributed by atoms with E-state index in [1.807, 2.05) is 0 Å². The van der Waals surface area contributed by atoms with E-state index < -0.39 is 5.91 Å². The van der Waals surface area contributed by atoms with Crippen molar-refractivity contribution in [1.29, 1.82) is 0 Å². The summed E-state index contributed by atoms with van der Waals surface area (Å²) in [5, 5.41) is 0. The summed E-state index contributed by atoms with van der Waals surface area (Å²) in [5.41, 5.74) is 5.65. The zero-order chi connectivity index (χ0) is 12.1. The van der Waals surface area contributed by atoms with Gasteiger partial charge in [0.05, 0.1) is 6.10 Å². The maximum atomic E-state index is 10.9. The fraction of sp³-hybridized carbons (Fsp3) is 0.462. The van der Waals surface area contributed by atoms with E-state index in [1.165, 1.54) is 6.42 Å². The van der Waals surface area contributed by atoms with Crippen LogP contribution in [0.3, 0.4) is 0 Å². The Balaban J connectivity index is 1.84. The van der Waals surface area contributed by atoms with E-state index >= 15 is 0 Å². The molecule has 17 heavy (non-hydrogen) atoms. The fourth-order valence-corrected chi connectivity index (χ4v) is 1.84. The molecule has 1 aromatic rings. The van der Waals surface area contributed by atoms with Gasteiger partial charge in [-0.05, 0) is 43.5 Å². The summed E-state index contributed by atoms with van der Waals surface area (Å²) in [5.74, 6) is 0.316. The molecule has 0 radical (unpaired) electrons. The highest BCUT2D eigenvalue weighted by atomic mass is 16.5. The average Bonchev–Trinajstić information content (AvgIpc) is 2.38. The van der Waals surface area contributed by atoms with E-state index in [0.29, 0.717) is 12.2 Å². The molecular formula is C13H17NO3. The van der Waals surface area contributed by atoms with E-state index in [9.17, 15) is 4.79 Å². The van der Waals surface area contributed by atoms with Crippen molar-refractivity contribution in [2.75, 3.05) is 13.2 Å². The molecule has 1 heterocycles. The van der Waals surface area contributed by atoms with Crippen molar-refractivity contribution in [3.63, 3.8) is 0 Å². The molecule has 0 spiro atoms. The standard InChI is InChI=1S/C13H17NO3/c14-13(15)10-4-6-11(7-5-10)17-9-12-3-1-2-8-16-12/h4-7,12H,1-3,8-9H2,(H2,14,15). The maximum Gasteiger partial charge on any atom is 0.248 e. The summed E-state index contributed by atoms with van der Waals surface area (Å²) < 4.78 is 11.2. The van der Waals surface area contributed by atoms with Gasteiger partial charge in [-0.1, -0.05) is 0 Å². The molecule has 4 heteroatoms. The first kappa shape index (κ1) is 11.9. The Labute approximate surface area is 101 Å². The summed E-state index contributed by atoms with van der Waals surface area (Å²) in [6, 6.07) is 6.84. The molecule has 1 fully saturated rings. The second-order valence-electron chi connectivity index (χ2n) is 4.19. The van der Waals surface area contributed by atoms with Gasteiger partial charge in [-0.15, -0.1) is 0 Å². The lowest BCUT2D eigenvalue weighted by atomic mass is 10.1. The Bertz CT molecular complexity index is 369. The normalized spacial score (nSPS) is 19.9. The Morgan fingerprint density at radius 2 is 2.12 bits per heavy atom. The van der Waals surface area contributed by atoms with Gasteiger partial charge in [0.2, 0.25) is 5.91 Å². The first-order chi connectivity index (χ1) is 8.25. The van der Waals surface area contributed by atoms with Crippen LogP contribution < -0.4 is 10.5 Å². The van der Waals surface area contributed by atoms with Crippen LogP contribution in [-0.4, -0.2) is 25.2 Å². The highest BCUT2D eigenvalue weighted by molar-refractivity contribution is 5.92. The van der Waals surface area contributed by atoms with Gasteiger partial charge in [-0.25, -0.2) is 0 Å².